The molecule has 2 N–H and O–H groups in total. The highest BCUT2D eigenvalue weighted by Gasteiger charge is 2.20. The summed E-state index contributed by atoms with van der Waals surface area (Å²) in [5.41, 5.74) is 1.34. The second-order valence-electron chi connectivity index (χ2n) is 6.05. The third kappa shape index (κ3) is 4.42. The number of rotatable bonds is 4. The molecule has 0 unspecified atom stereocenters. The minimum absolute atomic E-state index is 0. The Balaban J connectivity index is 0.00000225. The van der Waals surface area contributed by atoms with Gasteiger partial charge in [-0.1, -0.05) is 17.7 Å². The zero-order valence-electron chi connectivity index (χ0n) is 13.9. The van der Waals surface area contributed by atoms with Gasteiger partial charge < -0.3 is 10.6 Å². The van der Waals surface area contributed by atoms with E-state index in [-0.39, 0.29) is 29.3 Å². The van der Waals surface area contributed by atoms with E-state index in [0.29, 0.717) is 5.56 Å². The number of aryl methyl sites for hydroxylation is 1. The first kappa shape index (κ1) is 19.5. The maximum Gasteiger partial charge on any atom is 0.267 e. The predicted octanol–water partition coefficient (Wildman–Crippen LogP) is 1.94. The summed E-state index contributed by atoms with van der Waals surface area (Å²) in [6.07, 6.45) is 4.54. The number of halogens is 1. The molecule has 1 saturated heterocycles. The number of benzene rings is 1. The first-order chi connectivity index (χ1) is 11.5. The first-order valence-corrected chi connectivity index (χ1v) is 9.42. The fourth-order valence-electron chi connectivity index (χ4n) is 2.73. The van der Waals surface area contributed by atoms with Crippen molar-refractivity contribution >= 4 is 28.3 Å². The van der Waals surface area contributed by atoms with Crippen LogP contribution >= 0.6 is 12.4 Å². The van der Waals surface area contributed by atoms with Crippen molar-refractivity contribution in [3.8, 4) is 0 Å². The van der Waals surface area contributed by atoms with E-state index in [1.165, 1.54) is 18.5 Å². The summed E-state index contributed by atoms with van der Waals surface area (Å²) < 4.78 is 26.3. The smallest absolute Gasteiger partial charge is 0.267 e. The van der Waals surface area contributed by atoms with Crippen LogP contribution in [0.2, 0.25) is 0 Å². The molecule has 1 amide bonds. The zero-order valence-corrected chi connectivity index (χ0v) is 15.6. The summed E-state index contributed by atoms with van der Waals surface area (Å²) in [6.45, 7) is 3.66. The van der Waals surface area contributed by atoms with Gasteiger partial charge in [0.1, 0.15) is 0 Å². The molecule has 1 aliphatic rings. The van der Waals surface area contributed by atoms with E-state index in [1.54, 1.807) is 24.3 Å². The molecule has 0 spiro atoms. The first-order valence-electron chi connectivity index (χ1n) is 7.98. The normalized spacial score (nSPS) is 15.4. The molecular weight excluding hydrogens is 362 g/mol. The Labute approximate surface area is 154 Å². The lowest BCUT2D eigenvalue weighted by molar-refractivity contribution is 0.0929. The van der Waals surface area contributed by atoms with Gasteiger partial charge in [0.05, 0.1) is 10.5 Å². The monoisotopic (exact) mass is 383 g/mol. The molecule has 3 rings (SSSR count). The predicted molar refractivity (Wildman–Crippen MR) is 98.8 cm³/mol. The van der Waals surface area contributed by atoms with Crippen molar-refractivity contribution in [2.24, 2.45) is 0 Å². The van der Waals surface area contributed by atoms with Crippen LogP contribution in [0.5, 0.6) is 0 Å². The van der Waals surface area contributed by atoms with Crippen molar-refractivity contribution in [2.75, 3.05) is 13.1 Å². The van der Waals surface area contributed by atoms with Gasteiger partial charge in [-0.3, -0.25) is 4.79 Å². The zero-order chi connectivity index (χ0) is 17.2. The van der Waals surface area contributed by atoms with Crippen LogP contribution in [0.15, 0.2) is 47.6 Å². The Morgan fingerprint density at radius 1 is 1.16 bits per heavy atom. The minimum Gasteiger partial charge on any atom is -0.349 e. The van der Waals surface area contributed by atoms with Crippen molar-refractivity contribution in [3.05, 3.63) is 53.9 Å². The lowest BCUT2D eigenvalue weighted by Crippen LogP contribution is -2.42. The molecule has 1 aromatic carbocycles. The van der Waals surface area contributed by atoms with Crippen LogP contribution in [0, 0.1) is 6.92 Å². The molecule has 2 aromatic rings. The standard InChI is InChI=1S/C17H21N3O3S.ClH/c1-13-2-4-16(5-3-13)24(22,23)20-11-8-14(12-20)17(21)19-15-6-9-18-10-7-15;/h2-5,8,11-12,15,18H,6-7,9-10H2,1H3,(H,19,21);1H. The second kappa shape index (κ2) is 8.03. The average molecular weight is 384 g/mol. The Kier molecular flexibility index (Phi) is 6.26. The average Bonchev–Trinajstić information content (AvgIpc) is 3.07. The lowest BCUT2D eigenvalue weighted by atomic mass is 10.1. The molecule has 0 atom stereocenters. The summed E-state index contributed by atoms with van der Waals surface area (Å²) in [6, 6.07) is 8.30. The third-order valence-electron chi connectivity index (χ3n) is 4.20. The van der Waals surface area contributed by atoms with Gasteiger partial charge in [0.25, 0.3) is 15.9 Å². The van der Waals surface area contributed by atoms with E-state index in [1.807, 2.05) is 6.92 Å². The van der Waals surface area contributed by atoms with Crippen molar-refractivity contribution in [1.82, 2.24) is 14.6 Å². The summed E-state index contributed by atoms with van der Waals surface area (Å²) >= 11 is 0. The van der Waals surface area contributed by atoms with Gasteiger partial charge in [-0.05, 0) is 51.1 Å². The number of nitrogens with one attached hydrogen (secondary N) is 2. The van der Waals surface area contributed by atoms with Gasteiger partial charge in [-0.2, -0.15) is 0 Å². The molecular formula is C17H22ClN3O3S. The Bertz CT molecular complexity index is 825. The van der Waals surface area contributed by atoms with Gasteiger partial charge in [-0.15, -0.1) is 12.4 Å². The highest BCUT2D eigenvalue weighted by Crippen LogP contribution is 2.16. The molecule has 136 valence electrons. The molecule has 6 nitrogen and oxygen atoms in total. The van der Waals surface area contributed by atoms with Crippen molar-refractivity contribution in [3.63, 3.8) is 0 Å². The van der Waals surface area contributed by atoms with Crippen LogP contribution < -0.4 is 10.6 Å². The van der Waals surface area contributed by atoms with Crippen LogP contribution in [0.4, 0.5) is 0 Å². The number of hydrogen-bond donors (Lipinski definition) is 2. The molecule has 0 radical (unpaired) electrons. The number of carbonyl (C=O) groups excluding carboxylic acids is 1. The number of hydrogen-bond acceptors (Lipinski definition) is 4. The molecule has 25 heavy (non-hydrogen) atoms. The van der Waals surface area contributed by atoms with E-state index in [9.17, 15) is 13.2 Å². The fourth-order valence-corrected chi connectivity index (χ4v) is 3.92. The van der Waals surface area contributed by atoms with E-state index < -0.39 is 10.0 Å². The third-order valence-corrected chi connectivity index (χ3v) is 5.85. The van der Waals surface area contributed by atoms with Crippen LogP contribution in [-0.4, -0.2) is 37.4 Å². The highest BCUT2D eigenvalue weighted by atomic mass is 35.5. The van der Waals surface area contributed by atoms with Crippen molar-refractivity contribution in [2.45, 2.75) is 30.7 Å². The maximum atomic E-state index is 12.6. The van der Waals surface area contributed by atoms with Crippen molar-refractivity contribution in [1.29, 1.82) is 0 Å². The minimum atomic E-state index is -3.67. The van der Waals surface area contributed by atoms with E-state index >= 15 is 0 Å². The van der Waals surface area contributed by atoms with Crippen LogP contribution in [0.3, 0.4) is 0 Å². The van der Waals surface area contributed by atoms with Gasteiger partial charge >= 0.3 is 0 Å². The van der Waals surface area contributed by atoms with Crippen molar-refractivity contribution < 1.29 is 13.2 Å². The molecule has 1 aromatic heterocycles. The van der Waals surface area contributed by atoms with Gasteiger partial charge in [-0.25, -0.2) is 12.4 Å². The van der Waals surface area contributed by atoms with Crippen LogP contribution in [-0.2, 0) is 10.0 Å². The van der Waals surface area contributed by atoms with E-state index in [4.69, 9.17) is 0 Å². The number of nitrogens with zero attached hydrogens (tertiary/aromatic N) is 1. The summed E-state index contributed by atoms with van der Waals surface area (Å²) in [5, 5.41) is 6.20. The topological polar surface area (TPSA) is 80.2 Å². The molecule has 1 aliphatic heterocycles. The summed E-state index contributed by atoms with van der Waals surface area (Å²) in [7, 11) is -3.67. The quantitative estimate of drug-likeness (QED) is 0.845. The largest absolute Gasteiger partial charge is 0.349 e. The molecule has 0 saturated carbocycles. The maximum absolute atomic E-state index is 12.6. The Morgan fingerprint density at radius 3 is 2.44 bits per heavy atom. The highest BCUT2D eigenvalue weighted by molar-refractivity contribution is 7.90. The second-order valence-corrected chi connectivity index (χ2v) is 7.89. The molecule has 0 bridgehead atoms. The lowest BCUT2D eigenvalue weighted by Gasteiger charge is -2.23. The fraction of sp³-hybridized carbons (Fsp3) is 0.353. The number of piperidine rings is 1. The number of carbonyl (C=O) groups is 1. The van der Waals surface area contributed by atoms with Gasteiger partial charge in [0, 0.05) is 18.4 Å². The number of amides is 1. The van der Waals surface area contributed by atoms with Crippen LogP contribution in [0.1, 0.15) is 28.8 Å². The van der Waals surface area contributed by atoms with Gasteiger partial charge in [0.15, 0.2) is 0 Å². The molecule has 1 fully saturated rings. The van der Waals surface area contributed by atoms with E-state index in [0.717, 1.165) is 35.5 Å². The molecule has 8 heteroatoms. The Hall–Kier alpha value is -1.83. The van der Waals surface area contributed by atoms with Gasteiger partial charge in [0.2, 0.25) is 0 Å². The number of aromatic nitrogens is 1. The van der Waals surface area contributed by atoms with E-state index in [2.05, 4.69) is 10.6 Å². The SMILES string of the molecule is Cc1ccc(S(=O)(=O)n2ccc(C(=O)NC3CCNCC3)c2)cc1.Cl. The molecule has 2 heterocycles. The summed E-state index contributed by atoms with van der Waals surface area (Å²) in [4.78, 5) is 12.5. The Morgan fingerprint density at radius 2 is 1.80 bits per heavy atom. The molecule has 0 aliphatic carbocycles. The van der Waals surface area contributed by atoms with Crippen LogP contribution in [0.25, 0.3) is 0 Å². The summed E-state index contributed by atoms with van der Waals surface area (Å²) in [5.74, 6) is -0.236.